The highest BCUT2D eigenvalue weighted by Crippen LogP contribution is 2.04. The number of aryl methyl sites for hydroxylation is 1. The summed E-state index contributed by atoms with van der Waals surface area (Å²) in [6, 6.07) is 2.07. The fraction of sp³-hybridized carbons (Fsp3) is 0.625. The lowest BCUT2D eigenvalue weighted by Gasteiger charge is -2.12. The third-order valence-corrected chi connectivity index (χ3v) is 3.26. The molecular weight excluding hydrogens is 391 g/mol. The van der Waals surface area contributed by atoms with Crippen LogP contribution in [0.5, 0.6) is 0 Å². The van der Waals surface area contributed by atoms with Crippen molar-refractivity contribution in [2.24, 2.45) is 4.99 Å². The van der Waals surface area contributed by atoms with E-state index in [1.807, 2.05) is 19.3 Å². The summed E-state index contributed by atoms with van der Waals surface area (Å²) in [4.78, 5) is 8.34. The quantitative estimate of drug-likeness (QED) is 0.279. The number of unbranched alkanes of at least 4 members (excludes halogenated alkanes) is 1. The average molecular weight is 420 g/mol. The first-order valence-corrected chi connectivity index (χ1v) is 7.69. The Morgan fingerprint density at radius 2 is 2.05 bits per heavy atom. The minimum absolute atomic E-state index is 0. The molecule has 0 aliphatic rings. The molecule has 0 fully saturated rings. The van der Waals surface area contributed by atoms with Crippen molar-refractivity contribution in [2.75, 3.05) is 33.4 Å². The summed E-state index contributed by atoms with van der Waals surface area (Å²) in [5.41, 5.74) is 2.56. The van der Waals surface area contributed by atoms with Gasteiger partial charge in [-0.05, 0) is 50.3 Å². The van der Waals surface area contributed by atoms with E-state index in [0.717, 1.165) is 51.5 Å². The number of nitrogens with zero attached hydrogens (tertiary/aromatic N) is 2. The SMILES string of the molecule is CCOCCCCNC(=NC)NCCc1ccncc1C.I. The van der Waals surface area contributed by atoms with E-state index in [1.54, 1.807) is 7.05 Å². The lowest BCUT2D eigenvalue weighted by Crippen LogP contribution is -2.38. The van der Waals surface area contributed by atoms with Gasteiger partial charge in [-0.15, -0.1) is 24.0 Å². The van der Waals surface area contributed by atoms with Crippen LogP contribution in [0.15, 0.2) is 23.5 Å². The van der Waals surface area contributed by atoms with Gasteiger partial charge in [0.25, 0.3) is 0 Å². The first-order chi connectivity index (χ1) is 10.3. The lowest BCUT2D eigenvalue weighted by atomic mass is 10.1. The number of halogens is 1. The maximum absolute atomic E-state index is 5.31. The first-order valence-electron chi connectivity index (χ1n) is 7.69. The molecule has 0 saturated heterocycles. The maximum atomic E-state index is 5.31. The Labute approximate surface area is 151 Å². The molecule has 0 aromatic carbocycles. The number of guanidine groups is 1. The zero-order chi connectivity index (χ0) is 15.3. The fourth-order valence-electron chi connectivity index (χ4n) is 2.00. The summed E-state index contributed by atoms with van der Waals surface area (Å²) in [6.07, 6.45) is 6.88. The van der Waals surface area contributed by atoms with Crippen molar-refractivity contribution in [3.05, 3.63) is 29.6 Å². The van der Waals surface area contributed by atoms with Gasteiger partial charge in [-0.1, -0.05) is 0 Å². The maximum Gasteiger partial charge on any atom is 0.190 e. The Kier molecular flexibility index (Phi) is 13.2. The largest absolute Gasteiger partial charge is 0.382 e. The van der Waals surface area contributed by atoms with Gasteiger partial charge in [0, 0.05) is 45.7 Å². The van der Waals surface area contributed by atoms with Gasteiger partial charge in [0.05, 0.1) is 0 Å². The number of hydrogen-bond donors (Lipinski definition) is 2. The van der Waals surface area contributed by atoms with E-state index in [9.17, 15) is 0 Å². The van der Waals surface area contributed by atoms with Crippen molar-refractivity contribution in [1.82, 2.24) is 15.6 Å². The van der Waals surface area contributed by atoms with E-state index in [0.29, 0.717) is 0 Å². The number of nitrogens with one attached hydrogen (secondary N) is 2. The van der Waals surface area contributed by atoms with E-state index < -0.39 is 0 Å². The number of ether oxygens (including phenoxy) is 1. The van der Waals surface area contributed by atoms with Crippen LogP contribution >= 0.6 is 24.0 Å². The Balaban J connectivity index is 0.00000441. The molecule has 0 unspecified atom stereocenters. The Hall–Kier alpha value is -0.890. The number of rotatable bonds is 9. The third kappa shape index (κ3) is 9.19. The Morgan fingerprint density at radius 1 is 1.27 bits per heavy atom. The zero-order valence-corrected chi connectivity index (χ0v) is 16.2. The number of hydrogen-bond acceptors (Lipinski definition) is 3. The summed E-state index contributed by atoms with van der Waals surface area (Å²) in [5, 5.41) is 6.65. The molecular formula is C16H29IN4O. The molecule has 2 N–H and O–H groups in total. The molecule has 1 aromatic heterocycles. The molecule has 0 bridgehead atoms. The summed E-state index contributed by atoms with van der Waals surface area (Å²) in [5.74, 6) is 0.859. The third-order valence-electron chi connectivity index (χ3n) is 3.26. The van der Waals surface area contributed by atoms with Crippen molar-refractivity contribution in [3.8, 4) is 0 Å². The minimum Gasteiger partial charge on any atom is -0.382 e. The van der Waals surface area contributed by atoms with Gasteiger partial charge in [0.1, 0.15) is 0 Å². The molecule has 126 valence electrons. The van der Waals surface area contributed by atoms with Gasteiger partial charge in [0.2, 0.25) is 0 Å². The van der Waals surface area contributed by atoms with Gasteiger partial charge in [0.15, 0.2) is 5.96 Å². The molecule has 1 rings (SSSR count). The van der Waals surface area contributed by atoms with Crippen molar-refractivity contribution in [1.29, 1.82) is 0 Å². The van der Waals surface area contributed by atoms with Crippen LogP contribution in [0.1, 0.15) is 30.9 Å². The standard InChI is InChI=1S/C16H28N4O.HI/c1-4-21-12-6-5-9-19-16(17-3)20-11-8-15-7-10-18-13-14(15)2;/h7,10,13H,4-6,8-9,11-12H2,1-3H3,(H2,17,19,20);1H. The van der Waals surface area contributed by atoms with Gasteiger partial charge in [-0.3, -0.25) is 9.98 Å². The van der Waals surface area contributed by atoms with E-state index >= 15 is 0 Å². The molecule has 0 aliphatic heterocycles. The highest BCUT2D eigenvalue weighted by atomic mass is 127. The summed E-state index contributed by atoms with van der Waals surface area (Å²) in [7, 11) is 1.80. The molecule has 5 nitrogen and oxygen atoms in total. The summed E-state index contributed by atoms with van der Waals surface area (Å²) in [6.45, 7) is 7.53. The monoisotopic (exact) mass is 420 g/mol. The lowest BCUT2D eigenvalue weighted by molar-refractivity contribution is 0.143. The average Bonchev–Trinajstić information content (AvgIpc) is 2.50. The van der Waals surface area contributed by atoms with Crippen molar-refractivity contribution in [2.45, 2.75) is 33.1 Å². The molecule has 0 amide bonds. The van der Waals surface area contributed by atoms with Crippen molar-refractivity contribution < 1.29 is 4.74 Å². The normalized spacial score (nSPS) is 11.0. The van der Waals surface area contributed by atoms with Gasteiger partial charge in [-0.2, -0.15) is 0 Å². The second kappa shape index (κ2) is 13.8. The highest BCUT2D eigenvalue weighted by Gasteiger charge is 2.00. The topological polar surface area (TPSA) is 58.5 Å². The van der Waals surface area contributed by atoms with Crippen molar-refractivity contribution in [3.63, 3.8) is 0 Å². The molecule has 0 radical (unpaired) electrons. The smallest absolute Gasteiger partial charge is 0.190 e. The van der Waals surface area contributed by atoms with Crippen LogP contribution in [-0.4, -0.2) is 44.3 Å². The predicted octanol–water partition coefficient (Wildman–Crippen LogP) is 2.53. The van der Waals surface area contributed by atoms with Crippen LogP contribution in [0.2, 0.25) is 0 Å². The molecule has 0 spiro atoms. The highest BCUT2D eigenvalue weighted by molar-refractivity contribution is 14.0. The zero-order valence-electron chi connectivity index (χ0n) is 13.9. The second-order valence-corrected chi connectivity index (χ2v) is 4.88. The molecule has 22 heavy (non-hydrogen) atoms. The molecule has 0 aliphatic carbocycles. The van der Waals surface area contributed by atoms with Crippen LogP contribution in [0.4, 0.5) is 0 Å². The predicted molar refractivity (Wildman–Crippen MR) is 103 cm³/mol. The fourth-order valence-corrected chi connectivity index (χ4v) is 2.00. The van der Waals surface area contributed by atoms with Gasteiger partial charge < -0.3 is 15.4 Å². The van der Waals surface area contributed by atoms with Crippen molar-refractivity contribution >= 4 is 29.9 Å². The van der Waals surface area contributed by atoms with E-state index in [4.69, 9.17) is 4.74 Å². The molecule has 1 aromatic rings. The second-order valence-electron chi connectivity index (χ2n) is 4.88. The minimum atomic E-state index is 0. The van der Waals surface area contributed by atoms with Gasteiger partial charge >= 0.3 is 0 Å². The molecule has 6 heteroatoms. The number of pyridine rings is 1. The van der Waals surface area contributed by atoms with Crippen LogP contribution in [0.25, 0.3) is 0 Å². The molecule has 1 heterocycles. The first kappa shape index (κ1) is 21.1. The summed E-state index contributed by atoms with van der Waals surface area (Å²) >= 11 is 0. The number of aromatic nitrogens is 1. The van der Waals surface area contributed by atoms with Crippen LogP contribution in [0.3, 0.4) is 0 Å². The van der Waals surface area contributed by atoms with Crippen LogP contribution < -0.4 is 10.6 Å². The Morgan fingerprint density at radius 3 is 2.73 bits per heavy atom. The van der Waals surface area contributed by atoms with E-state index in [-0.39, 0.29) is 24.0 Å². The van der Waals surface area contributed by atoms with Crippen LogP contribution in [0, 0.1) is 6.92 Å². The van der Waals surface area contributed by atoms with Gasteiger partial charge in [-0.25, -0.2) is 0 Å². The molecule has 0 atom stereocenters. The summed E-state index contributed by atoms with van der Waals surface area (Å²) < 4.78 is 5.31. The van der Waals surface area contributed by atoms with Crippen LogP contribution in [-0.2, 0) is 11.2 Å². The van der Waals surface area contributed by atoms with E-state index in [2.05, 4.69) is 33.6 Å². The number of aliphatic imine (C=N–C) groups is 1. The Bertz CT molecular complexity index is 426. The molecule has 0 saturated carbocycles. The van der Waals surface area contributed by atoms with E-state index in [1.165, 1.54) is 11.1 Å².